The molecule has 1 rings (SSSR count). The standard InChI is InChI=1S/C7H9BrClN3O/c1-4(3-13)11-7-6(9)12-5(8)2-10-7/h2,4,13H,3H2,1H3,(H,10,11). The molecule has 2 N–H and O–H groups in total. The molecule has 1 aromatic rings. The Hall–Kier alpha value is -0.390. The van der Waals surface area contributed by atoms with E-state index in [4.69, 9.17) is 16.7 Å². The van der Waals surface area contributed by atoms with Gasteiger partial charge in [-0.3, -0.25) is 0 Å². The average Bonchev–Trinajstić information content (AvgIpc) is 2.09. The zero-order chi connectivity index (χ0) is 9.84. The molecule has 0 aliphatic heterocycles. The average molecular weight is 267 g/mol. The largest absolute Gasteiger partial charge is 0.394 e. The van der Waals surface area contributed by atoms with Gasteiger partial charge in [-0.1, -0.05) is 11.6 Å². The summed E-state index contributed by atoms with van der Waals surface area (Å²) in [5.41, 5.74) is 0. The van der Waals surface area contributed by atoms with Crippen LogP contribution in [0.3, 0.4) is 0 Å². The lowest BCUT2D eigenvalue weighted by atomic mass is 10.4. The van der Waals surface area contributed by atoms with Crippen LogP contribution in [-0.4, -0.2) is 27.7 Å². The highest BCUT2D eigenvalue weighted by Gasteiger charge is 2.06. The van der Waals surface area contributed by atoms with Gasteiger partial charge in [-0.05, 0) is 22.9 Å². The number of rotatable bonds is 3. The number of hydrogen-bond acceptors (Lipinski definition) is 4. The van der Waals surface area contributed by atoms with E-state index in [2.05, 4.69) is 31.2 Å². The van der Waals surface area contributed by atoms with Crippen molar-refractivity contribution < 1.29 is 5.11 Å². The SMILES string of the molecule is CC(CO)Nc1ncc(Br)nc1Cl. The van der Waals surface area contributed by atoms with E-state index in [9.17, 15) is 0 Å². The van der Waals surface area contributed by atoms with Crippen LogP contribution in [-0.2, 0) is 0 Å². The number of aromatic nitrogens is 2. The fourth-order valence-corrected chi connectivity index (χ4v) is 1.30. The Morgan fingerprint density at radius 3 is 3.00 bits per heavy atom. The molecular weight excluding hydrogens is 257 g/mol. The third-order valence-electron chi connectivity index (χ3n) is 1.36. The van der Waals surface area contributed by atoms with Crippen LogP contribution in [0, 0.1) is 0 Å². The lowest BCUT2D eigenvalue weighted by molar-refractivity contribution is 0.281. The molecule has 0 spiro atoms. The van der Waals surface area contributed by atoms with E-state index >= 15 is 0 Å². The quantitative estimate of drug-likeness (QED) is 0.874. The van der Waals surface area contributed by atoms with Crippen LogP contribution in [0.4, 0.5) is 5.82 Å². The van der Waals surface area contributed by atoms with Crippen molar-refractivity contribution in [3.63, 3.8) is 0 Å². The van der Waals surface area contributed by atoms with E-state index in [1.165, 1.54) is 6.20 Å². The molecule has 13 heavy (non-hydrogen) atoms. The highest BCUT2D eigenvalue weighted by atomic mass is 79.9. The van der Waals surface area contributed by atoms with Crippen LogP contribution in [0.5, 0.6) is 0 Å². The Balaban J connectivity index is 2.77. The molecule has 0 aliphatic carbocycles. The third-order valence-corrected chi connectivity index (χ3v) is 2.00. The van der Waals surface area contributed by atoms with Gasteiger partial charge in [0.25, 0.3) is 0 Å². The van der Waals surface area contributed by atoms with Gasteiger partial charge in [-0.2, -0.15) is 0 Å². The monoisotopic (exact) mass is 265 g/mol. The summed E-state index contributed by atoms with van der Waals surface area (Å²) in [6, 6.07) is -0.0898. The van der Waals surface area contributed by atoms with E-state index in [0.29, 0.717) is 10.4 Å². The predicted octanol–water partition coefficient (Wildman–Crippen LogP) is 1.69. The van der Waals surface area contributed by atoms with E-state index in [1.807, 2.05) is 6.92 Å². The Bertz CT molecular complexity index is 297. The Labute approximate surface area is 89.5 Å². The third kappa shape index (κ3) is 3.10. The molecule has 6 heteroatoms. The summed E-state index contributed by atoms with van der Waals surface area (Å²) in [6.45, 7) is 1.84. The van der Waals surface area contributed by atoms with E-state index in [-0.39, 0.29) is 17.8 Å². The van der Waals surface area contributed by atoms with Crippen LogP contribution in [0.25, 0.3) is 0 Å². The molecule has 0 aliphatic rings. The number of halogens is 2. The number of nitrogens with zero attached hydrogens (tertiary/aromatic N) is 2. The van der Waals surface area contributed by atoms with Crippen molar-refractivity contribution in [3.05, 3.63) is 16.0 Å². The molecule has 0 aromatic carbocycles. The number of nitrogens with one attached hydrogen (secondary N) is 1. The zero-order valence-corrected chi connectivity index (χ0v) is 9.30. The van der Waals surface area contributed by atoms with Gasteiger partial charge in [-0.25, -0.2) is 9.97 Å². The normalized spacial score (nSPS) is 12.6. The van der Waals surface area contributed by atoms with Gasteiger partial charge >= 0.3 is 0 Å². The maximum Gasteiger partial charge on any atom is 0.172 e. The van der Waals surface area contributed by atoms with Crippen molar-refractivity contribution in [2.24, 2.45) is 0 Å². The van der Waals surface area contributed by atoms with Gasteiger partial charge in [0.2, 0.25) is 0 Å². The smallest absolute Gasteiger partial charge is 0.172 e. The van der Waals surface area contributed by atoms with Crippen molar-refractivity contribution in [1.82, 2.24) is 9.97 Å². The van der Waals surface area contributed by atoms with Gasteiger partial charge in [0.05, 0.1) is 12.8 Å². The molecule has 0 saturated heterocycles. The lowest BCUT2D eigenvalue weighted by Gasteiger charge is -2.11. The molecule has 0 saturated carbocycles. The summed E-state index contributed by atoms with van der Waals surface area (Å²) in [6.07, 6.45) is 1.54. The molecule has 1 atom stereocenters. The van der Waals surface area contributed by atoms with Crippen molar-refractivity contribution in [2.45, 2.75) is 13.0 Å². The van der Waals surface area contributed by atoms with Crippen LogP contribution in [0.1, 0.15) is 6.92 Å². The summed E-state index contributed by atoms with van der Waals surface area (Å²) in [5.74, 6) is 0.478. The van der Waals surface area contributed by atoms with Crippen molar-refractivity contribution in [2.75, 3.05) is 11.9 Å². The van der Waals surface area contributed by atoms with Crippen LogP contribution < -0.4 is 5.32 Å². The Morgan fingerprint density at radius 1 is 1.77 bits per heavy atom. The Morgan fingerprint density at radius 2 is 2.46 bits per heavy atom. The summed E-state index contributed by atoms with van der Waals surface area (Å²) in [7, 11) is 0. The van der Waals surface area contributed by atoms with Gasteiger partial charge in [0, 0.05) is 6.04 Å². The topological polar surface area (TPSA) is 58.0 Å². The maximum absolute atomic E-state index is 8.78. The molecule has 0 bridgehead atoms. The number of aliphatic hydroxyl groups is 1. The predicted molar refractivity (Wildman–Crippen MR) is 54.9 cm³/mol. The first-order chi connectivity index (χ1) is 6.13. The van der Waals surface area contributed by atoms with Gasteiger partial charge in [0.1, 0.15) is 4.60 Å². The lowest BCUT2D eigenvalue weighted by Crippen LogP contribution is -2.20. The van der Waals surface area contributed by atoms with Crippen molar-refractivity contribution >= 4 is 33.3 Å². The summed E-state index contributed by atoms with van der Waals surface area (Å²) in [5, 5.41) is 12.0. The minimum atomic E-state index is -0.0898. The van der Waals surface area contributed by atoms with E-state index < -0.39 is 0 Å². The van der Waals surface area contributed by atoms with Crippen LogP contribution >= 0.6 is 27.5 Å². The highest BCUT2D eigenvalue weighted by Crippen LogP contribution is 2.18. The number of hydrogen-bond donors (Lipinski definition) is 2. The van der Waals surface area contributed by atoms with Crippen LogP contribution in [0.2, 0.25) is 5.15 Å². The van der Waals surface area contributed by atoms with Gasteiger partial charge in [0.15, 0.2) is 11.0 Å². The van der Waals surface area contributed by atoms with E-state index in [1.54, 1.807) is 0 Å². The molecule has 1 unspecified atom stereocenters. The number of aliphatic hydroxyl groups excluding tert-OH is 1. The summed E-state index contributed by atoms with van der Waals surface area (Å²) in [4.78, 5) is 7.94. The molecule has 1 aromatic heterocycles. The fourth-order valence-electron chi connectivity index (χ4n) is 0.723. The highest BCUT2D eigenvalue weighted by molar-refractivity contribution is 9.10. The minimum absolute atomic E-state index is 0.0219. The summed E-state index contributed by atoms with van der Waals surface area (Å²) < 4.78 is 0.583. The second-order valence-electron chi connectivity index (χ2n) is 2.56. The molecule has 0 amide bonds. The molecule has 1 heterocycles. The zero-order valence-electron chi connectivity index (χ0n) is 6.96. The van der Waals surface area contributed by atoms with Crippen LogP contribution in [0.15, 0.2) is 10.8 Å². The van der Waals surface area contributed by atoms with Gasteiger partial charge in [-0.15, -0.1) is 0 Å². The number of anilines is 1. The van der Waals surface area contributed by atoms with Crippen molar-refractivity contribution in [1.29, 1.82) is 0 Å². The molecule has 0 radical (unpaired) electrons. The first-order valence-electron chi connectivity index (χ1n) is 3.69. The van der Waals surface area contributed by atoms with Crippen molar-refractivity contribution in [3.8, 4) is 0 Å². The molecule has 72 valence electrons. The Kier molecular flexibility index (Phi) is 3.90. The summed E-state index contributed by atoms with van der Waals surface area (Å²) >= 11 is 8.93. The van der Waals surface area contributed by atoms with E-state index in [0.717, 1.165) is 0 Å². The second-order valence-corrected chi connectivity index (χ2v) is 3.73. The molecule has 4 nitrogen and oxygen atoms in total. The maximum atomic E-state index is 8.78. The first-order valence-corrected chi connectivity index (χ1v) is 4.86. The minimum Gasteiger partial charge on any atom is -0.394 e. The fraction of sp³-hybridized carbons (Fsp3) is 0.429. The molecular formula is C7H9BrClN3O. The molecule has 0 fully saturated rings. The second kappa shape index (κ2) is 4.74. The first kappa shape index (κ1) is 10.7. The van der Waals surface area contributed by atoms with Gasteiger partial charge < -0.3 is 10.4 Å².